The summed E-state index contributed by atoms with van der Waals surface area (Å²) >= 11 is 0. The van der Waals surface area contributed by atoms with Gasteiger partial charge in [-0.2, -0.15) is 0 Å². The van der Waals surface area contributed by atoms with E-state index >= 15 is 0 Å². The average molecular weight is 196 g/mol. The summed E-state index contributed by atoms with van der Waals surface area (Å²) < 4.78 is 0. The van der Waals surface area contributed by atoms with Crippen LogP contribution in [0.15, 0.2) is 10.9 Å². The number of nitrogens with zero attached hydrogens (tertiary/aromatic N) is 2. The average Bonchev–Trinajstić information content (AvgIpc) is 2.01. The first-order chi connectivity index (χ1) is 6.49. The molecule has 0 aliphatic rings. The number of anilines is 1. The number of hydrazine groups is 1. The number of aromatic amines is 1. The third kappa shape index (κ3) is 2.85. The molecule has 0 saturated carbocycles. The van der Waals surface area contributed by atoms with Crippen LogP contribution in [0.3, 0.4) is 0 Å². The Kier molecular flexibility index (Phi) is 3.24. The van der Waals surface area contributed by atoms with Crippen molar-refractivity contribution in [3.8, 4) is 0 Å². The van der Waals surface area contributed by atoms with Crippen molar-refractivity contribution in [3.63, 3.8) is 0 Å². The van der Waals surface area contributed by atoms with Crippen molar-refractivity contribution in [2.75, 3.05) is 19.5 Å². The Bertz CT molecular complexity index is 356. The minimum atomic E-state index is -0.131. The highest BCUT2D eigenvalue weighted by molar-refractivity contribution is 5.31. The van der Waals surface area contributed by atoms with Crippen molar-refractivity contribution in [1.29, 1.82) is 0 Å². The maximum absolute atomic E-state index is 11.2. The lowest BCUT2D eigenvalue weighted by molar-refractivity contribution is 0.491. The number of hydrogen-bond acceptors (Lipinski definition) is 4. The van der Waals surface area contributed by atoms with Gasteiger partial charge in [-0.25, -0.2) is 9.99 Å². The van der Waals surface area contributed by atoms with Gasteiger partial charge < -0.3 is 10.4 Å². The first-order valence-corrected chi connectivity index (χ1v) is 4.54. The van der Waals surface area contributed by atoms with Crippen LogP contribution in [0.5, 0.6) is 0 Å². The van der Waals surface area contributed by atoms with Crippen molar-refractivity contribution in [2.24, 2.45) is 0 Å². The van der Waals surface area contributed by atoms with Gasteiger partial charge in [0.2, 0.25) is 0 Å². The first kappa shape index (κ1) is 10.7. The first-order valence-electron chi connectivity index (χ1n) is 4.54. The van der Waals surface area contributed by atoms with Crippen LogP contribution >= 0.6 is 0 Å². The minimum Gasteiger partial charge on any atom is -0.310 e. The molecule has 0 fully saturated rings. The molecular weight excluding hydrogens is 180 g/mol. The minimum absolute atomic E-state index is 0.131. The molecule has 1 aromatic heterocycles. The van der Waals surface area contributed by atoms with Gasteiger partial charge in [-0.05, 0) is 0 Å². The van der Waals surface area contributed by atoms with Crippen molar-refractivity contribution in [1.82, 2.24) is 15.0 Å². The Hall–Kier alpha value is -1.36. The van der Waals surface area contributed by atoms with Crippen LogP contribution in [-0.4, -0.2) is 29.1 Å². The highest BCUT2D eigenvalue weighted by Gasteiger charge is 2.04. The van der Waals surface area contributed by atoms with Crippen LogP contribution in [0, 0.1) is 0 Å². The van der Waals surface area contributed by atoms with Crippen LogP contribution in [-0.2, 0) is 0 Å². The van der Waals surface area contributed by atoms with E-state index < -0.39 is 0 Å². The van der Waals surface area contributed by atoms with E-state index in [1.807, 2.05) is 27.9 Å². The highest BCUT2D eigenvalue weighted by Crippen LogP contribution is 2.08. The van der Waals surface area contributed by atoms with Gasteiger partial charge in [0, 0.05) is 26.1 Å². The van der Waals surface area contributed by atoms with Crippen LogP contribution in [0.4, 0.5) is 5.82 Å². The van der Waals surface area contributed by atoms with E-state index in [4.69, 9.17) is 0 Å². The Morgan fingerprint density at radius 1 is 1.50 bits per heavy atom. The zero-order valence-electron chi connectivity index (χ0n) is 8.96. The lowest BCUT2D eigenvalue weighted by Crippen LogP contribution is -2.23. The summed E-state index contributed by atoms with van der Waals surface area (Å²) in [6, 6.07) is 1.44. The molecule has 0 bridgehead atoms. The second kappa shape index (κ2) is 4.23. The molecule has 1 heterocycles. The van der Waals surface area contributed by atoms with E-state index in [0.29, 0.717) is 11.6 Å². The van der Waals surface area contributed by atoms with Crippen molar-refractivity contribution < 1.29 is 0 Å². The lowest BCUT2D eigenvalue weighted by Gasteiger charge is -2.13. The Balaban J connectivity index is 3.01. The molecular formula is C9H16N4O. The summed E-state index contributed by atoms with van der Waals surface area (Å²) in [5.41, 5.74) is 2.81. The van der Waals surface area contributed by atoms with Crippen molar-refractivity contribution >= 4 is 5.82 Å². The van der Waals surface area contributed by atoms with E-state index in [1.54, 1.807) is 5.01 Å². The van der Waals surface area contributed by atoms with E-state index in [9.17, 15) is 4.79 Å². The zero-order chi connectivity index (χ0) is 10.7. The number of rotatable bonds is 3. The summed E-state index contributed by atoms with van der Waals surface area (Å²) in [5.74, 6) is 1.48. The fourth-order valence-corrected chi connectivity index (χ4v) is 1.04. The van der Waals surface area contributed by atoms with Gasteiger partial charge in [-0.3, -0.25) is 4.79 Å². The Labute approximate surface area is 83.1 Å². The summed E-state index contributed by atoms with van der Waals surface area (Å²) in [6.45, 7) is 3.97. The van der Waals surface area contributed by atoms with Gasteiger partial charge >= 0.3 is 0 Å². The molecule has 0 unspecified atom stereocenters. The van der Waals surface area contributed by atoms with Crippen molar-refractivity contribution in [2.45, 2.75) is 19.8 Å². The summed E-state index contributed by atoms with van der Waals surface area (Å²) in [7, 11) is 3.69. The van der Waals surface area contributed by atoms with E-state index in [2.05, 4.69) is 15.4 Å². The molecule has 1 aromatic rings. The second-order valence-electron chi connectivity index (χ2n) is 3.68. The topological polar surface area (TPSA) is 61.0 Å². The molecule has 5 heteroatoms. The molecule has 0 aromatic carbocycles. The number of aromatic nitrogens is 2. The molecule has 0 spiro atoms. The summed E-state index contributed by atoms with van der Waals surface area (Å²) in [4.78, 5) is 18.2. The summed E-state index contributed by atoms with van der Waals surface area (Å²) in [6.07, 6.45) is 0. The molecule has 0 radical (unpaired) electrons. The molecule has 5 nitrogen and oxygen atoms in total. The van der Waals surface area contributed by atoms with Gasteiger partial charge in [0.1, 0.15) is 11.6 Å². The molecule has 2 N–H and O–H groups in total. The second-order valence-corrected chi connectivity index (χ2v) is 3.68. The molecule has 1 rings (SSSR count). The molecule has 78 valence electrons. The van der Waals surface area contributed by atoms with Crippen LogP contribution < -0.4 is 11.0 Å². The maximum Gasteiger partial charge on any atom is 0.253 e. The third-order valence-corrected chi connectivity index (χ3v) is 1.65. The predicted octanol–water partition coefficient (Wildman–Crippen LogP) is 0.782. The summed E-state index contributed by atoms with van der Waals surface area (Å²) in [5, 5.41) is 1.74. The number of nitrogens with one attached hydrogen (secondary N) is 2. The van der Waals surface area contributed by atoms with Gasteiger partial charge in [0.05, 0.1) is 0 Å². The van der Waals surface area contributed by atoms with Gasteiger partial charge in [-0.15, -0.1) is 0 Å². The fourth-order valence-electron chi connectivity index (χ4n) is 1.04. The van der Waals surface area contributed by atoms with E-state index in [-0.39, 0.29) is 11.5 Å². The number of H-pyrrole nitrogens is 1. The van der Waals surface area contributed by atoms with Crippen LogP contribution in [0.1, 0.15) is 25.6 Å². The smallest absolute Gasteiger partial charge is 0.253 e. The zero-order valence-corrected chi connectivity index (χ0v) is 8.96. The highest BCUT2D eigenvalue weighted by atomic mass is 16.1. The fraction of sp³-hybridized carbons (Fsp3) is 0.556. The van der Waals surface area contributed by atoms with E-state index in [1.165, 1.54) is 6.07 Å². The third-order valence-electron chi connectivity index (χ3n) is 1.65. The van der Waals surface area contributed by atoms with Gasteiger partial charge in [0.25, 0.3) is 5.56 Å². The van der Waals surface area contributed by atoms with Gasteiger partial charge in [-0.1, -0.05) is 13.8 Å². The predicted molar refractivity (Wildman–Crippen MR) is 56.3 cm³/mol. The number of hydrogen-bond donors (Lipinski definition) is 2. The molecule has 0 amide bonds. The standard InChI is InChI=1S/C9H16N4O/c1-6(2)9-10-7(12-13(3)4)5-8(14)11-9/h5-6H,1-4H3,(H2,10,11,12,14). The molecule has 0 aliphatic carbocycles. The van der Waals surface area contributed by atoms with Crippen molar-refractivity contribution in [3.05, 3.63) is 22.2 Å². The largest absolute Gasteiger partial charge is 0.310 e. The molecule has 14 heavy (non-hydrogen) atoms. The maximum atomic E-state index is 11.2. The SMILES string of the molecule is CC(C)c1nc(NN(C)C)cc(=O)[nH]1. The quantitative estimate of drug-likeness (QED) is 0.701. The van der Waals surface area contributed by atoms with Crippen LogP contribution in [0.25, 0.3) is 0 Å². The molecule has 0 saturated heterocycles. The Morgan fingerprint density at radius 3 is 2.64 bits per heavy atom. The monoisotopic (exact) mass is 196 g/mol. The van der Waals surface area contributed by atoms with Gasteiger partial charge in [0.15, 0.2) is 0 Å². The lowest BCUT2D eigenvalue weighted by atomic mass is 10.2. The van der Waals surface area contributed by atoms with Crippen LogP contribution in [0.2, 0.25) is 0 Å². The molecule has 0 aliphatic heterocycles. The Morgan fingerprint density at radius 2 is 2.14 bits per heavy atom. The van der Waals surface area contributed by atoms with E-state index in [0.717, 1.165) is 0 Å². The molecule has 0 atom stereocenters. The normalized spacial score (nSPS) is 11.0.